The lowest BCUT2D eigenvalue weighted by atomic mass is 10.2. The molecule has 1 aliphatic heterocycles. The van der Waals surface area contributed by atoms with E-state index in [0.717, 1.165) is 18.0 Å². The number of hydrogen-bond donors (Lipinski definition) is 0. The number of thiazole rings is 1. The summed E-state index contributed by atoms with van der Waals surface area (Å²) < 4.78 is 43.7. The molecular weight excluding hydrogens is 417 g/mol. The molecule has 1 amide bonds. The third-order valence-electron chi connectivity index (χ3n) is 4.91. The quantitative estimate of drug-likeness (QED) is 0.609. The molecule has 6 nitrogen and oxygen atoms in total. The smallest absolute Gasteiger partial charge is 0.417 e. The molecule has 4 rings (SSSR count). The number of hydrogen-bond acceptors (Lipinski definition) is 6. The van der Waals surface area contributed by atoms with Crippen molar-refractivity contribution in [3.63, 3.8) is 0 Å². The number of anilines is 1. The van der Waals surface area contributed by atoms with Crippen LogP contribution in [0.2, 0.25) is 0 Å². The summed E-state index contributed by atoms with van der Waals surface area (Å²) in [4.78, 5) is 25.6. The Hall–Kier alpha value is -2.88. The summed E-state index contributed by atoms with van der Waals surface area (Å²) in [5.74, 6) is 1.79. The maximum absolute atomic E-state index is 13.0. The van der Waals surface area contributed by atoms with Crippen molar-refractivity contribution in [1.29, 1.82) is 0 Å². The lowest BCUT2D eigenvalue weighted by molar-refractivity contribution is -0.137. The number of amides is 1. The van der Waals surface area contributed by atoms with Gasteiger partial charge in [-0.2, -0.15) is 13.2 Å². The van der Waals surface area contributed by atoms with E-state index in [1.807, 2.05) is 24.0 Å². The molecule has 0 aliphatic carbocycles. The Labute approximate surface area is 175 Å². The molecule has 3 aromatic heterocycles. The Morgan fingerprint density at radius 1 is 1.10 bits per heavy atom. The molecule has 0 radical (unpaired) electrons. The van der Waals surface area contributed by atoms with Crippen LogP contribution in [0.4, 0.5) is 19.0 Å². The van der Waals surface area contributed by atoms with Crippen LogP contribution in [0.15, 0.2) is 34.9 Å². The van der Waals surface area contributed by atoms with E-state index in [9.17, 15) is 18.0 Å². The van der Waals surface area contributed by atoms with Crippen molar-refractivity contribution in [3.05, 3.63) is 52.4 Å². The molecule has 0 atom stereocenters. The van der Waals surface area contributed by atoms with Crippen molar-refractivity contribution in [2.45, 2.75) is 20.0 Å². The van der Waals surface area contributed by atoms with Crippen molar-refractivity contribution in [2.24, 2.45) is 0 Å². The number of furan rings is 1. The van der Waals surface area contributed by atoms with Crippen LogP contribution in [0.3, 0.4) is 0 Å². The van der Waals surface area contributed by atoms with E-state index in [2.05, 4.69) is 9.97 Å². The van der Waals surface area contributed by atoms with Crippen LogP contribution < -0.4 is 4.90 Å². The Balaban J connectivity index is 1.42. The highest BCUT2D eigenvalue weighted by atomic mass is 32.1. The van der Waals surface area contributed by atoms with Crippen LogP contribution in [0, 0.1) is 13.8 Å². The van der Waals surface area contributed by atoms with Crippen LogP contribution in [0.1, 0.15) is 26.7 Å². The summed E-state index contributed by atoms with van der Waals surface area (Å²) in [7, 11) is 0. The molecule has 158 valence electrons. The standard InChI is InChI=1S/C20H19F3N4O2S/c1-12-3-5-15(29-12)18-25-13(2)17(30-18)19(28)27-9-7-26(8-10-27)16-6-4-14(11-24-16)20(21,22)23/h3-6,11H,7-10H2,1-2H3. The van der Waals surface area contributed by atoms with E-state index >= 15 is 0 Å². The number of nitrogens with zero attached hydrogens (tertiary/aromatic N) is 4. The summed E-state index contributed by atoms with van der Waals surface area (Å²) in [6.45, 7) is 5.53. The summed E-state index contributed by atoms with van der Waals surface area (Å²) in [6, 6.07) is 6.07. The fourth-order valence-electron chi connectivity index (χ4n) is 3.27. The molecule has 1 fully saturated rings. The van der Waals surface area contributed by atoms with Gasteiger partial charge >= 0.3 is 6.18 Å². The second kappa shape index (κ2) is 7.75. The first kappa shape index (κ1) is 20.4. The maximum atomic E-state index is 13.0. The molecule has 30 heavy (non-hydrogen) atoms. The van der Waals surface area contributed by atoms with Crippen LogP contribution in [-0.2, 0) is 6.18 Å². The first-order chi connectivity index (χ1) is 14.2. The van der Waals surface area contributed by atoms with E-state index in [0.29, 0.717) is 53.3 Å². The second-order valence-electron chi connectivity index (χ2n) is 7.03. The lowest BCUT2D eigenvalue weighted by Crippen LogP contribution is -2.49. The van der Waals surface area contributed by atoms with Gasteiger partial charge in [-0.25, -0.2) is 9.97 Å². The average Bonchev–Trinajstić information content (AvgIpc) is 3.32. The van der Waals surface area contributed by atoms with Gasteiger partial charge < -0.3 is 14.2 Å². The Bertz CT molecular complexity index is 1050. The lowest BCUT2D eigenvalue weighted by Gasteiger charge is -2.35. The minimum atomic E-state index is -4.41. The van der Waals surface area contributed by atoms with Crippen LogP contribution in [0.25, 0.3) is 10.8 Å². The second-order valence-corrected chi connectivity index (χ2v) is 8.03. The average molecular weight is 436 g/mol. The zero-order chi connectivity index (χ0) is 21.5. The van der Waals surface area contributed by atoms with Gasteiger partial charge in [0.1, 0.15) is 16.5 Å². The zero-order valence-corrected chi connectivity index (χ0v) is 17.2. The largest absolute Gasteiger partial charge is 0.459 e. The normalized spacial score (nSPS) is 15.0. The van der Waals surface area contributed by atoms with E-state index in [-0.39, 0.29) is 5.91 Å². The van der Waals surface area contributed by atoms with Crippen molar-refractivity contribution in [1.82, 2.24) is 14.9 Å². The molecule has 0 N–H and O–H groups in total. The zero-order valence-electron chi connectivity index (χ0n) is 16.4. The Morgan fingerprint density at radius 3 is 2.40 bits per heavy atom. The summed E-state index contributed by atoms with van der Waals surface area (Å²) in [5, 5.41) is 0.663. The summed E-state index contributed by atoms with van der Waals surface area (Å²) >= 11 is 1.30. The van der Waals surface area contributed by atoms with Crippen molar-refractivity contribution in [2.75, 3.05) is 31.1 Å². The van der Waals surface area contributed by atoms with Crippen LogP contribution in [-0.4, -0.2) is 47.0 Å². The predicted molar refractivity (Wildman–Crippen MR) is 107 cm³/mol. The van der Waals surface area contributed by atoms with Gasteiger partial charge in [-0.3, -0.25) is 4.79 Å². The van der Waals surface area contributed by atoms with Gasteiger partial charge in [0, 0.05) is 32.4 Å². The molecule has 0 bridgehead atoms. The van der Waals surface area contributed by atoms with Crippen LogP contribution >= 0.6 is 11.3 Å². The van der Waals surface area contributed by atoms with Crippen molar-refractivity contribution >= 4 is 23.1 Å². The molecule has 0 spiro atoms. The van der Waals surface area contributed by atoms with Crippen molar-refractivity contribution < 1.29 is 22.4 Å². The fourth-order valence-corrected chi connectivity index (χ4v) is 4.27. The minimum Gasteiger partial charge on any atom is -0.459 e. The number of carbonyl (C=O) groups excluding carboxylic acids is 1. The maximum Gasteiger partial charge on any atom is 0.417 e. The molecule has 3 aromatic rings. The highest BCUT2D eigenvalue weighted by Crippen LogP contribution is 2.31. The number of aryl methyl sites for hydroxylation is 2. The van der Waals surface area contributed by atoms with Gasteiger partial charge in [0.15, 0.2) is 10.8 Å². The monoisotopic (exact) mass is 436 g/mol. The van der Waals surface area contributed by atoms with E-state index in [1.54, 1.807) is 11.8 Å². The number of rotatable bonds is 3. The minimum absolute atomic E-state index is 0.0976. The van der Waals surface area contributed by atoms with Gasteiger partial charge in [0.25, 0.3) is 5.91 Å². The van der Waals surface area contributed by atoms with Gasteiger partial charge in [-0.15, -0.1) is 11.3 Å². The predicted octanol–water partition coefficient (Wildman–Crippen LogP) is 4.40. The van der Waals surface area contributed by atoms with Crippen molar-refractivity contribution in [3.8, 4) is 10.8 Å². The Kier molecular flexibility index (Phi) is 5.27. The SMILES string of the molecule is Cc1ccc(-c2nc(C)c(C(=O)N3CCN(c4ccc(C(F)(F)F)cn4)CC3)s2)o1. The third-order valence-corrected chi connectivity index (χ3v) is 6.07. The summed E-state index contributed by atoms with van der Waals surface area (Å²) in [6.07, 6.45) is -3.57. The molecular formula is C20H19F3N4O2S. The molecule has 1 aliphatic rings. The number of piperazine rings is 1. The highest BCUT2D eigenvalue weighted by molar-refractivity contribution is 7.17. The highest BCUT2D eigenvalue weighted by Gasteiger charge is 2.31. The first-order valence-corrected chi connectivity index (χ1v) is 10.2. The molecule has 1 saturated heterocycles. The number of alkyl halides is 3. The van der Waals surface area contributed by atoms with E-state index < -0.39 is 11.7 Å². The molecule has 4 heterocycles. The first-order valence-electron chi connectivity index (χ1n) is 9.34. The van der Waals surface area contributed by atoms with Crippen LogP contribution in [0.5, 0.6) is 0 Å². The molecule has 10 heteroatoms. The summed E-state index contributed by atoms with van der Waals surface area (Å²) in [5.41, 5.74) is -0.121. The van der Waals surface area contributed by atoms with E-state index in [1.165, 1.54) is 17.4 Å². The van der Waals surface area contributed by atoms with Gasteiger partial charge in [-0.05, 0) is 38.1 Å². The number of carbonyl (C=O) groups is 1. The topological polar surface area (TPSA) is 62.5 Å². The molecule has 0 unspecified atom stereocenters. The van der Waals surface area contributed by atoms with Gasteiger partial charge in [-0.1, -0.05) is 0 Å². The third kappa shape index (κ3) is 4.04. The number of halogens is 3. The Morgan fingerprint density at radius 2 is 1.83 bits per heavy atom. The number of pyridine rings is 1. The fraction of sp³-hybridized carbons (Fsp3) is 0.350. The number of aromatic nitrogens is 2. The van der Waals surface area contributed by atoms with E-state index in [4.69, 9.17) is 4.42 Å². The van der Waals surface area contributed by atoms with Gasteiger partial charge in [0.05, 0.1) is 11.3 Å². The molecule has 0 aromatic carbocycles. The molecule has 0 saturated carbocycles. The van der Waals surface area contributed by atoms with Gasteiger partial charge in [0.2, 0.25) is 0 Å².